The van der Waals surface area contributed by atoms with Gasteiger partial charge in [0, 0.05) is 16.0 Å². The van der Waals surface area contributed by atoms with Crippen LogP contribution in [-0.2, 0) is 10.0 Å². The molecule has 1 aromatic carbocycles. The Morgan fingerprint density at radius 2 is 2.19 bits per heavy atom. The number of rotatable bonds is 1. The summed E-state index contributed by atoms with van der Waals surface area (Å²) >= 11 is 9.23. The van der Waals surface area contributed by atoms with Crippen LogP contribution in [0.4, 0.5) is 5.69 Å². The summed E-state index contributed by atoms with van der Waals surface area (Å²) in [6, 6.07) is 5.15. The Kier molecular flexibility index (Phi) is 3.20. The molecule has 3 nitrogen and oxygen atoms in total. The zero-order valence-electron chi connectivity index (χ0n) is 8.65. The summed E-state index contributed by atoms with van der Waals surface area (Å²) < 4.78 is 26.0. The standard InChI is InChI=1S/C10H11BrClNO2S/c1-7-5-13(16(14,15)6-7)10-4-8(12)2-3-9(10)11/h2-4,7H,5-6H2,1H3. The van der Waals surface area contributed by atoms with E-state index in [4.69, 9.17) is 11.6 Å². The summed E-state index contributed by atoms with van der Waals surface area (Å²) in [4.78, 5) is 0. The minimum Gasteiger partial charge on any atom is -0.269 e. The van der Waals surface area contributed by atoms with E-state index in [0.29, 0.717) is 17.3 Å². The molecule has 0 aromatic heterocycles. The minimum absolute atomic E-state index is 0.149. The van der Waals surface area contributed by atoms with Crippen LogP contribution in [0.1, 0.15) is 6.92 Å². The minimum atomic E-state index is -3.18. The molecule has 1 atom stereocenters. The smallest absolute Gasteiger partial charge is 0.235 e. The maximum absolute atomic E-state index is 11.9. The zero-order chi connectivity index (χ0) is 11.9. The monoisotopic (exact) mass is 323 g/mol. The molecule has 1 aromatic rings. The highest BCUT2D eigenvalue weighted by atomic mass is 79.9. The molecule has 6 heteroatoms. The molecule has 0 saturated carbocycles. The highest BCUT2D eigenvalue weighted by Gasteiger charge is 2.34. The summed E-state index contributed by atoms with van der Waals surface area (Å²) in [6.07, 6.45) is 0. The number of nitrogens with zero attached hydrogens (tertiary/aromatic N) is 1. The van der Waals surface area contributed by atoms with Crippen molar-refractivity contribution in [3.63, 3.8) is 0 Å². The van der Waals surface area contributed by atoms with Crippen molar-refractivity contribution < 1.29 is 8.42 Å². The molecular formula is C10H11BrClNO2S. The molecule has 0 bridgehead atoms. The first-order chi connectivity index (χ1) is 7.40. The Morgan fingerprint density at radius 1 is 1.50 bits per heavy atom. The lowest BCUT2D eigenvalue weighted by molar-refractivity contribution is 0.598. The normalized spacial score (nSPS) is 23.7. The average molecular weight is 325 g/mol. The van der Waals surface area contributed by atoms with Gasteiger partial charge in [-0.1, -0.05) is 18.5 Å². The van der Waals surface area contributed by atoms with E-state index in [9.17, 15) is 8.42 Å². The van der Waals surface area contributed by atoms with Crippen molar-refractivity contribution >= 4 is 43.2 Å². The highest BCUT2D eigenvalue weighted by molar-refractivity contribution is 9.10. The van der Waals surface area contributed by atoms with Gasteiger partial charge in [0.25, 0.3) is 0 Å². The summed E-state index contributed by atoms with van der Waals surface area (Å²) in [5.74, 6) is 0.349. The first-order valence-corrected chi connectivity index (χ1v) is 7.63. The second kappa shape index (κ2) is 4.20. The average Bonchev–Trinajstić information content (AvgIpc) is 2.43. The Morgan fingerprint density at radius 3 is 2.75 bits per heavy atom. The van der Waals surface area contributed by atoms with Crippen LogP contribution in [-0.4, -0.2) is 20.7 Å². The predicted molar refractivity (Wildman–Crippen MR) is 69.4 cm³/mol. The fourth-order valence-corrected chi connectivity index (χ4v) is 4.51. The summed E-state index contributed by atoms with van der Waals surface area (Å²) in [7, 11) is -3.18. The number of anilines is 1. The number of sulfonamides is 1. The van der Waals surface area contributed by atoms with Crippen LogP contribution in [0, 0.1) is 5.92 Å². The van der Waals surface area contributed by atoms with Crippen LogP contribution in [0.15, 0.2) is 22.7 Å². The molecule has 88 valence electrons. The lowest BCUT2D eigenvalue weighted by atomic mass is 10.2. The maximum atomic E-state index is 11.9. The molecule has 1 aliphatic heterocycles. The van der Waals surface area contributed by atoms with Crippen molar-refractivity contribution in [2.24, 2.45) is 5.92 Å². The molecule has 1 saturated heterocycles. The van der Waals surface area contributed by atoms with E-state index >= 15 is 0 Å². The summed E-state index contributed by atoms with van der Waals surface area (Å²) in [6.45, 7) is 2.44. The fraction of sp³-hybridized carbons (Fsp3) is 0.400. The second-order valence-electron chi connectivity index (χ2n) is 4.01. The van der Waals surface area contributed by atoms with Gasteiger partial charge in [-0.2, -0.15) is 0 Å². The van der Waals surface area contributed by atoms with Crippen LogP contribution < -0.4 is 4.31 Å². The predicted octanol–water partition coefficient (Wildman–Crippen LogP) is 2.89. The summed E-state index contributed by atoms with van der Waals surface area (Å²) in [5.41, 5.74) is 0.622. The first-order valence-electron chi connectivity index (χ1n) is 4.85. The largest absolute Gasteiger partial charge is 0.269 e. The molecule has 1 unspecified atom stereocenters. The Bertz CT molecular complexity index is 518. The molecule has 0 N–H and O–H groups in total. The van der Waals surface area contributed by atoms with Gasteiger partial charge in [-0.05, 0) is 40.0 Å². The van der Waals surface area contributed by atoms with Crippen LogP contribution >= 0.6 is 27.5 Å². The molecule has 1 heterocycles. The molecule has 1 aliphatic rings. The maximum Gasteiger partial charge on any atom is 0.235 e. The third kappa shape index (κ3) is 2.21. The van der Waals surface area contributed by atoms with Crippen molar-refractivity contribution in [3.8, 4) is 0 Å². The van der Waals surface area contributed by atoms with E-state index in [1.54, 1.807) is 18.2 Å². The van der Waals surface area contributed by atoms with Gasteiger partial charge in [-0.3, -0.25) is 4.31 Å². The van der Waals surface area contributed by atoms with Crippen molar-refractivity contribution in [1.82, 2.24) is 0 Å². The topological polar surface area (TPSA) is 37.4 Å². The Hall–Kier alpha value is -0.260. The highest BCUT2D eigenvalue weighted by Crippen LogP contribution is 2.34. The van der Waals surface area contributed by atoms with Gasteiger partial charge in [0.05, 0.1) is 11.4 Å². The van der Waals surface area contributed by atoms with Crippen molar-refractivity contribution in [1.29, 1.82) is 0 Å². The molecule has 0 aliphatic carbocycles. The van der Waals surface area contributed by atoms with Gasteiger partial charge >= 0.3 is 0 Å². The number of halogens is 2. The van der Waals surface area contributed by atoms with Gasteiger partial charge in [-0.15, -0.1) is 0 Å². The quantitative estimate of drug-likeness (QED) is 0.796. The first kappa shape index (κ1) is 12.2. The number of hydrogen-bond acceptors (Lipinski definition) is 2. The van der Waals surface area contributed by atoms with Crippen molar-refractivity contribution in [3.05, 3.63) is 27.7 Å². The second-order valence-corrected chi connectivity index (χ2v) is 7.24. The van der Waals surface area contributed by atoms with E-state index < -0.39 is 10.0 Å². The molecule has 0 amide bonds. The Labute approximate surface area is 109 Å². The van der Waals surface area contributed by atoms with E-state index in [1.807, 2.05) is 6.92 Å². The van der Waals surface area contributed by atoms with E-state index in [1.165, 1.54) is 4.31 Å². The van der Waals surface area contributed by atoms with Gasteiger partial charge < -0.3 is 0 Å². The van der Waals surface area contributed by atoms with Crippen molar-refractivity contribution in [2.45, 2.75) is 6.92 Å². The summed E-state index contributed by atoms with van der Waals surface area (Å²) in [5, 5.41) is 0.535. The molecule has 2 rings (SSSR count). The molecule has 16 heavy (non-hydrogen) atoms. The van der Waals surface area contributed by atoms with Gasteiger partial charge in [0.2, 0.25) is 10.0 Å². The molecule has 0 spiro atoms. The van der Waals surface area contributed by atoms with Crippen molar-refractivity contribution in [2.75, 3.05) is 16.6 Å². The van der Waals surface area contributed by atoms with E-state index in [-0.39, 0.29) is 11.7 Å². The fourth-order valence-electron chi connectivity index (χ4n) is 1.82. The van der Waals surface area contributed by atoms with Gasteiger partial charge in [0.1, 0.15) is 0 Å². The molecular weight excluding hydrogens is 314 g/mol. The van der Waals surface area contributed by atoms with Crippen LogP contribution in [0.3, 0.4) is 0 Å². The zero-order valence-corrected chi connectivity index (χ0v) is 11.8. The lowest BCUT2D eigenvalue weighted by Crippen LogP contribution is -2.25. The third-order valence-electron chi connectivity index (χ3n) is 2.49. The molecule has 0 radical (unpaired) electrons. The van der Waals surface area contributed by atoms with Gasteiger partial charge in [-0.25, -0.2) is 8.42 Å². The van der Waals surface area contributed by atoms with Crippen LogP contribution in [0.25, 0.3) is 0 Å². The molecule has 1 fully saturated rings. The Balaban J connectivity index is 2.49. The number of benzene rings is 1. The SMILES string of the molecule is CC1CN(c2cc(Cl)ccc2Br)S(=O)(=O)C1. The van der Waals surface area contributed by atoms with Crippen LogP contribution in [0.2, 0.25) is 5.02 Å². The van der Waals surface area contributed by atoms with E-state index in [2.05, 4.69) is 15.9 Å². The third-order valence-corrected chi connectivity index (χ3v) is 5.40. The van der Waals surface area contributed by atoms with Crippen LogP contribution in [0.5, 0.6) is 0 Å². The number of hydrogen-bond donors (Lipinski definition) is 0. The lowest BCUT2D eigenvalue weighted by Gasteiger charge is -2.18. The van der Waals surface area contributed by atoms with Gasteiger partial charge in [0.15, 0.2) is 0 Å². The van der Waals surface area contributed by atoms with E-state index in [0.717, 1.165) is 4.47 Å².